The van der Waals surface area contributed by atoms with Crippen molar-refractivity contribution in [2.45, 2.75) is 28.4 Å². The lowest BCUT2D eigenvalue weighted by atomic mass is 9.87. The van der Waals surface area contributed by atoms with E-state index in [1.165, 1.54) is 12.3 Å². The Hall–Kier alpha value is -2.01. The van der Waals surface area contributed by atoms with Crippen molar-refractivity contribution >= 4 is 55.7 Å². The zero-order valence-electron chi connectivity index (χ0n) is 12.4. The second-order valence-electron chi connectivity index (χ2n) is 5.02. The van der Waals surface area contributed by atoms with Crippen molar-refractivity contribution < 1.29 is 39.6 Å². The van der Waals surface area contributed by atoms with Crippen LogP contribution in [0.3, 0.4) is 0 Å². The fraction of sp³-hybridized carbons (Fsp3) is 0.357. The summed E-state index contributed by atoms with van der Waals surface area (Å²) in [6, 6.07) is 1.30. The molecule has 0 saturated heterocycles. The summed E-state index contributed by atoms with van der Waals surface area (Å²) in [7, 11) is 0. The molecule has 0 aromatic carbocycles. The van der Waals surface area contributed by atoms with E-state index in [-0.39, 0.29) is 11.3 Å². The number of alkyl halides is 2. The Kier molecular flexibility index (Phi) is 7.49. The van der Waals surface area contributed by atoms with Crippen LogP contribution in [0, 0.1) is 0 Å². The standard InChI is InChI=1S/C14H13Br2NO8/c15-12(16)5-1-6(7(13(22)23)2-9(18)19)11(17-4-5)8(14(24)25)3-10(20)21/h1,4,7-8,12H,2-3H2,(H,18,19)(H,20,21)(H,22,23)(H,24,25). The number of aromatic nitrogens is 1. The summed E-state index contributed by atoms with van der Waals surface area (Å²) in [5, 5.41) is 36.5. The first-order valence-electron chi connectivity index (χ1n) is 6.71. The average molecular weight is 483 g/mol. The van der Waals surface area contributed by atoms with Gasteiger partial charge in [0.15, 0.2) is 0 Å². The van der Waals surface area contributed by atoms with Crippen molar-refractivity contribution in [1.82, 2.24) is 4.98 Å². The Bertz CT molecular complexity index is 706. The van der Waals surface area contributed by atoms with Gasteiger partial charge in [0.25, 0.3) is 0 Å². The predicted molar refractivity (Wildman–Crippen MR) is 90.1 cm³/mol. The molecule has 0 aliphatic carbocycles. The van der Waals surface area contributed by atoms with Crippen LogP contribution in [0.1, 0.15) is 45.2 Å². The SMILES string of the molecule is O=C(O)CC(C(=O)O)c1cc(C(Br)Br)cnc1C(CC(=O)O)C(=O)O. The lowest BCUT2D eigenvalue weighted by Crippen LogP contribution is -2.23. The van der Waals surface area contributed by atoms with Crippen molar-refractivity contribution in [3.05, 3.63) is 29.1 Å². The van der Waals surface area contributed by atoms with E-state index in [0.717, 1.165) is 0 Å². The number of pyridine rings is 1. The predicted octanol–water partition coefficient (Wildman–Crippen LogP) is 2.16. The summed E-state index contributed by atoms with van der Waals surface area (Å²) >= 11 is 6.37. The molecule has 1 aromatic heterocycles. The lowest BCUT2D eigenvalue weighted by Gasteiger charge is -2.20. The van der Waals surface area contributed by atoms with E-state index in [2.05, 4.69) is 36.8 Å². The van der Waals surface area contributed by atoms with Crippen LogP contribution in [0.4, 0.5) is 0 Å². The molecule has 9 nitrogen and oxygen atoms in total. The van der Waals surface area contributed by atoms with E-state index in [0.29, 0.717) is 5.56 Å². The molecule has 0 aliphatic rings. The minimum absolute atomic E-state index is 0.148. The van der Waals surface area contributed by atoms with E-state index in [1.54, 1.807) is 0 Å². The van der Waals surface area contributed by atoms with Crippen molar-refractivity contribution in [1.29, 1.82) is 0 Å². The first kappa shape index (κ1) is 21.0. The van der Waals surface area contributed by atoms with Crippen LogP contribution < -0.4 is 0 Å². The van der Waals surface area contributed by atoms with Crippen molar-refractivity contribution in [2.75, 3.05) is 0 Å². The Morgan fingerprint density at radius 2 is 1.40 bits per heavy atom. The minimum Gasteiger partial charge on any atom is -0.481 e. The van der Waals surface area contributed by atoms with E-state index in [1.807, 2.05) is 0 Å². The number of hydrogen-bond acceptors (Lipinski definition) is 5. The molecule has 2 atom stereocenters. The number of nitrogens with zero attached hydrogens (tertiary/aromatic N) is 1. The van der Waals surface area contributed by atoms with Gasteiger partial charge in [0.1, 0.15) is 5.92 Å². The number of carboxylic acids is 4. The number of halogens is 2. The van der Waals surface area contributed by atoms with Crippen LogP contribution in [-0.4, -0.2) is 49.3 Å². The van der Waals surface area contributed by atoms with Crippen molar-refractivity contribution in [3.63, 3.8) is 0 Å². The fourth-order valence-corrected chi connectivity index (χ4v) is 2.68. The monoisotopic (exact) mass is 481 g/mol. The molecule has 2 unspecified atom stereocenters. The van der Waals surface area contributed by atoms with E-state index in [9.17, 15) is 29.4 Å². The largest absolute Gasteiger partial charge is 0.481 e. The maximum atomic E-state index is 11.5. The van der Waals surface area contributed by atoms with Gasteiger partial charge >= 0.3 is 23.9 Å². The molecule has 0 saturated carbocycles. The van der Waals surface area contributed by atoms with Crippen LogP contribution in [0.5, 0.6) is 0 Å². The number of hydrogen-bond donors (Lipinski definition) is 4. The molecule has 1 aromatic rings. The Labute approximate surface area is 157 Å². The van der Waals surface area contributed by atoms with Crippen LogP contribution in [0.2, 0.25) is 0 Å². The normalized spacial score (nSPS) is 13.2. The third-order valence-electron chi connectivity index (χ3n) is 3.28. The van der Waals surface area contributed by atoms with Crippen LogP contribution in [-0.2, 0) is 19.2 Å². The molecule has 0 aliphatic heterocycles. The third kappa shape index (κ3) is 5.78. The Morgan fingerprint density at radius 1 is 0.920 bits per heavy atom. The van der Waals surface area contributed by atoms with Crippen LogP contribution in [0.15, 0.2) is 12.3 Å². The second-order valence-corrected chi connectivity index (χ2v) is 8.08. The molecule has 136 valence electrons. The highest BCUT2D eigenvalue weighted by molar-refractivity contribution is 9.24. The van der Waals surface area contributed by atoms with Gasteiger partial charge in [-0.25, -0.2) is 0 Å². The topological polar surface area (TPSA) is 162 Å². The van der Waals surface area contributed by atoms with Gasteiger partial charge in [0.05, 0.1) is 28.2 Å². The highest BCUT2D eigenvalue weighted by Gasteiger charge is 2.33. The van der Waals surface area contributed by atoms with E-state index in [4.69, 9.17) is 10.2 Å². The average Bonchev–Trinajstić information content (AvgIpc) is 2.49. The van der Waals surface area contributed by atoms with Crippen LogP contribution in [0.25, 0.3) is 0 Å². The minimum atomic E-state index is -1.61. The number of carbonyl (C=O) groups is 4. The van der Waals surface area contributed by atoms with Gasteiger partial charge in [0, 0.05) is 6.20 Å². The molecule has 25 heavy (non-hydrogen) atoms. The van der Waals surface area contributed by atoms with Gasteiger partial charge < -0.3 is 20.4 Å². The molecular weight excluding hydrogens is 470 g/mol. The molecule has 1 heterocycles. The van der Waals surface area contributed by atoms with Gasteiger partial charge in [0.2, 0.25) is 0 Å². The number of rotatable bonds is 9. The quantitative estimate of drug-likeness (QED) is 0.386. The molecule has 11 heteroatoms. The molecule has 0 bridgehead atoms. The van der Waals surface area contributed by atoms with Gasteiger partial charge in [-0.2, -0.15) is 0 Å². The number of carboxylic acid groups (broad SMARTS) is 4. The third-order valence-corrected chi connectivity index (χ3v) is 4.34. The zero-order chi connectivity index (χ0) is 19.3. The fourth-order valence-electron chi connectivity index (χ4n) is 2.18. The molecule has 0 fully saturated rings. The smallest absolute Gasteiger partial charge is 0.313 e. The molecule has 0 amide bonds. The lowest BCUT2D eigenvalue weighted by molar-refractivity contribution is -0.146. The van der Waals surface area contributed by atoms with Gasteiger partial charge in [-0.05, 0) is 17.2 Å². The summed E-state index contributed by atoms with van der Waals surface area (Å²) in [6.07, 6.45) is -0.368. The van der Waals surface area contributed by atoms with E-state index >= 15 is 0 Å². The van der Waals surface area contributed by atoms with Gasteiger partial charge in [-0.3, -0.25) is 24.2 Å². The Morgan fingerprint density at radius 3 is 1.80 bits per heavy atom. The summed E-state index contributed by atoms with van der Waals surface area (Å²) in [6.45, 7) is 0. The Balaban J connectivity index is 3.59. The first-order chi connectivity index (χ1) is 11.5. The molecule has 4 N–H and O–H groups in total. The maximum absolute atomic E-state index is 11.5. The van der Waals surface area contributed by atoms with Crippen molar-refractivity contribution in [3.8, 4) is 0 Å². The maximum Gasteiger partial charge on any atom is 0.313 e. The molecule has 0 spiro atoms. The summed E-state index contributed by atoms with van der Waals surface area (Å²) in [5.74, 6) is -8.98. The highest BCUT2D eigenvalue weighted by Crippen LogP contribution is 2.35. The molecule has 0 radical (unpaired) electrons. The first-order valence-corrected chi connectivity index (χ1v) is 8.54. The zero-order valence-corrected chi connectivity index (χ0v) is 15.6. The van der Waals surface area contributed by atoms with Crippen molar-refractivity contribution in [2.24, 2.45) is 0 Å². The van der Waals surface area contributed by atoms with Gasteiger partial charge in [-0.1, -0.05) is 31.9 Å². The molecule has 1 rings (SSSR count). The van der Waals surface area contributed by atoms with Gasteiger partial charge in [-0.15, -0.1) is 0 Å². The number of aliphatic carboxylic acids is 4. The summed E-state index contributed by atoms with van der Waals surface area (Å²) in [5.41, 5.74) is -0.00671. The molecular formula is C14H13Br2NO8. The van der Waals surface area contributed by atoms with Crippen LogP contribution >= 0.6 is 31.9 Å². The summed E-state index contributed by atoms with van der Waals surface area (Å²) < 4.78 is -0.442. The summed E-state index contributed by atoms with van der Waals surface area (Å²) in [4.78, 5) is 48.8. The van der Waals surface area contributed by atoms with E-state index < -0.39 is 52.3 Å². The highest BCUT2D eigenvalue weighted by atomic mass is 79.9. The second kappa shape index (κ2) is 8.90.